The second-order valence-corrected chi connectivity index (χ2v) is 7.24. The van der Waals surface area contributed by atoms with Crippen molar-refractivity contribution in [2.24, 2.45) is 0 Å². The largest absolute Gasteiger partial charge is 0.441 e. The molecule has 0 aliphatic rings. The molecule has 0 bridgehead atoms. The molecule has 2 amide bonds. The summed E-state index contributed by atoms with van der Waals surface area (Å²) in [5.74, 6) is 0.499. The van der Waals surface area contributed by atoms with E-state index in [0.29, 0.717) is 23.6 Å². The molecule has 2 N–H and O–H groups in total. The first-order valence-electron chi connectivity index (χ1n) is 9.52. The lowest BCUT2D eigenvalue weighted by atomic mass is 10.1. The number of benzene rings is 2. The highest BCUT2D eigenvalue weighted by Gasteiger charge is 2.12. The van der Waals surface area contributed by atoms with Gasteiger partial charge in [0.15, 0.2) is 11.7 Å². The Kier molecular flexibility index (Phi) is 6.12. The van der Waals surface area contributed by atoms with Crippen LogP contribution in [-0.2, 0) is 11.2 Å². The van der Waals surface area contributed by atoms with Crippen molar-refractivity contribution in [1.29, 1.82) is 0 Å². The van der Waals surface area contributed by atoms with Gasteiger partial charge in [0, 0.05) is 24.0 Å². The van der Waals surface area contributed by atoms with Gasteiger partial charge in [-0.2, -0.15) is 0 Å². The van der Waals surface area contributed by atoms with Gasteiger partial charge in [-0.05, 0) is 56.5 Å². The van der Waals surface area contributed by atoms with Crippen LogP contribution in [0.2, 0.25) is 0 Å². The monoisotopic (exact) mass is 391 g/mol. The van der Waals surface area contributed by atoms with Gasteiger partial charge in [0.25, 0.3) is 5.91 Å². The van der Waals surface area contributed by atoms with Gasteiger partial charge in [-0.1, -0.05) is 29.8 Å². The Morgan fingerprint density at radius 1 is 0.931 bits per heavy atom. The molecular formula is C23H25N3O3. The highest BCUT2D eigenvalue weighted by Crippen LogP contribution is 2.23. The van der Waals surface area contributed by atoms with E-state index in [9.17, 15) is 9.59 Å². The summed E-state index contributed by atoms with van der Waals surface area (Å²) in [6.45, 7) is 7.93. The fraction of sp³-hybridized carbons (Fsp3) is 0.261. The van der Waals surface area contributed by atoms with Crippen LogP contribution in [0.3, 0.4) is 0 Å². The van der Waals surface area contributed by atoms with Crippen molar-refractivity contribution in [2.75, 3.05) is 0 Å². The van der Waals surface area contributed by atoms with Crippen LogP contribution in [0.4, 0.5) is 0 Å². The van der Waals surface area contributed by atoms with Gasteiger partial charge < -0.3 is 4.42 Å². The minimum absolute atomic E-state index is 0.153. The summed E-state index contributed by atoms with van der Waals surface area (Å²) < 4.78 is 5.76. The molecule has 0 radical (unpaired) electrons. The van der Waals surface area contributed by atoms with Crippen LogP contribution in [0.1, 0.15) is 44.9 Å². The lowest BCUT2D eigenvalue weighted by Gasteiger charge is -2.09. The Hall–Kier alpha value is -3.41. The van der Waals surface area contributed by atoms with E-state index in [4.69, 9.17) is 4.42 Å². The predicted octanol–water partition coefficient (Wildman–Crippen LogP) is 3.97. The minimum Gasteiger partial charge on any atom is -0.441 e. The van der Waals surface area contributed by atoms with Crippen LogP contribution < -0.4 is 10.9 Å². The average Bonchev–Trinajstić information content (AvgIpc) is 3.15. The number of aryl methyl sites for hydroxylation is 5. The third kappa shape index (κ3) is 5.10. The predicted molar refractivity (Wildman–Crippen MR) is 111 cm³/mol. The number of carbonyl (C=O) groups is 2. The lowest BCUT2D eigenvalue weighted by molar-refractivity contribution is -0.121. The molecule has 0 spiro atoms. The summed E-state index contributed by atoms with van der Waals surface area (Å²) in [5.41, 5.74) is 10.7. The minimum atomic E-state index is -0.344. The van der Waals surface area contributed by atoms with Crippen molar-refractivity contribution >= 4 is 11.8 Å². The van der Waals surface area contributed by atoms with Crippen LogP contribution in [0.25, 0.3) is 11.3 Å². The number of nitrogens with one attached hydrogen (secondary N) is 2. The van der Waals surface area contributed by atoms with Crippen molar-refractivity contribution in [3.8, 4) is 11.3 Å². The van der Waals surface area contributed by atoms with Crippen LogP contribution in [0.15, 0.2) is 47.0 Å². The molecule has 0 saturated carbocycles. The van der Waals surface area contributed by atoms with Crippen molar-refractivity contribution < 1.29 is 14.0 Å². The number of oxazole rings is 1. The molecule has 0 fully saturated rings. The van der Waals surface area contributed by atoms with Crippen LogP contribution >= 0.6 is 0 Å². The van der Waals surface area contributed by atoms with Crippen LogP contribution in [-0.4, -0.2) is 16.8 Å². The van der Waals surface area contributed by atoms with E-state index in [0.717, 1.165) is 16.7 Å². The summed E-state index contributed by atoms with van der Waals surface area (Å²) in [6, 6.07) is 11.6. The summed E-state index contributed by atoms with van der Waals surface area (Å²) in [6.07, 6.45) is 2.16. The number of rotatable bonds is 5. The number of hydrazine groups is 1. The van der Waals surface area contributed by atoms with E-state index >= 15 is 0 Å². The Labute approximate surface area is 170 Å². The van der Waals surface area contributed by atoms with Crippen LogP contribution in [0, 0.1) is 27.7 Å². The number of aromatic nitrogens is 1. The number of amides is 2. The van der Waals surface area contributed by atoms with Gasteiger partial charge in [0.05, 0.1) is 6.20 Å². The van der Waals surface area contributed by atoms with E-state index < -0.39 is 0 Å². The number of carbonyl (C=O) groups excluding carboxylic acids is 2. The van der Waals surface area contributed by atoms with Crippen molar-refractivity contribution in [3.63, 3.8) is 0 Å². The van der Waals surface area contributed by atoms with Gasteiger partial charge in [-0.3, -0.25) is 20.4 Å². The first-order chi connectivity index (χ1) is 13.8. The molecule has 0 aliphatic carbocycles. The van der Waals surface area contributed by atoms with Gasteiger partial charge in [0.2, 0.25) is 5.91 Å². The molecule has 1 heterocycles. The average molecular weight is 391 g/mol. The zero-order valence-corrected chi connectivity index (χ0v) is 17.1. The highest BCUT2D eigenvalue weighted by atomic mass is 16.4. The van der Waals surface area contributed by atoms with E-state index in [1.54, 1.807) is 12.3 Å². The van der Waals surface area contributed by atoms with Crippen LogP contribution in [0.5, 0.6) is 0 Å². The molecule has 6 nitrogen and oxygen atoms in total. The van der Waals surface area contributed by atoms with E-state index in [1.807, 2.05) is 45.0 Å². The van der Waals surface area contributed by atoms with E-state index in [2.05, 4.69) is 28.8 Å². The number of nitrogens with zero attached hydrogens (tertiary/aromatic N) is 1. The summed E-state index contributed by atoms with van der Waals surface area (Å²) >= 11 is 0. The molecule has 150 valence electrons. The lowest BCUT2D eigenvalue weighted by Crippen LogP contribution is -2.42. The summed E-state index contributed by atoms with van der Waals surface area (Å²) in [7, 11) is 0. The van der Waals surface area contributed by atoms with Crippen molar-refractivity contribution in [2.45, 2.75) is 40.5 Å². The molecule has 3 aromatic rings. The van der Waals surface area contributed by atoms with E-state index in [1.165, 1.54) is 11.1 Å². The van der Waals surface area contributed by atoms with E-state index in [-0.39, 0.29) is 18.2 Å². The fourth-order valence-corrected chi connectivity index (χ4v) is 3.00. The van der Waals surface area contributed by atoms with Crippen molar-refractivity contribution in [1.82, 2.24) is 15.8 Å². The SMILES string of the molecule is Cc1ccc(C(=O)NNC(=O)CCc2ncc(-c3ccc(C)c(C)c3)o2)c(C)c1. The number of hydrogen-bond acceptors (Lipinski definition) is 4. The molecule has 29 heavy (non-hydrogen) atoms. The standard InChI is InChI=1S/C23H25N3O3/c1-14-5-8-19(17(4)11-14)23(28)26-25-21(27)9-10-22-24-13-20(29-22)18-7-6-15(2)16(3)12-18/h5-8,11-13H,9-10H2,1-4H3,(H,25,27)(H,26,28). The second-order valence-electron chi connectivity index (χ2n) is 7.24. The van der Waals surface area contributed by atoms with Gasteiger partial charge in [0.1, 0.15) is 0 Å². The molecule has 6 heteroatoms. The molecule has 0 unspecified atom stereocenters. The molecule has 1 aromatic heterocycles. The smallest absolute Gasteiger partial charge is 0.269 e. The topological polar surface area (TPSA) is 84.2 Å². The molecule has 0 atom stereocenters. The molecule has 0 saturated heterocycles. The maximum absolute atomic E-state index is 12.2. The van der Waals surface area contributed by atoms with Gasteiger partial charge >= 0.3 is 0 Å². The molecule has 3 rings (SSSR count). The zero-order chi connectivity index (χ0) is 21.0. The maximum Gasteiger partial charge on any atom is 0.269 e. The third-order valence-corrected chi connectivity index (χ3v) is 4.85. The Bertz CT molecular complexity index is 1050. The molecule has 2 aromatic carbocycles. The number of hydrogen-bond donors (Lipinski definition) is 2. The van der Waals surface area contributed by atoms with Gasteiger partial charge in [-0.15, -0.1) is 0 Å². The first-order valence-corrected chi connectivity index (χ1v) is 9.52. The quantitative estimate of drug-likeness (QED) is 0.645. The Morgan fingerprint density at radius 2 is 1.72 bits per heavy atom. The highest BCUT2D eigenvalue weighted by molar-refractivity contribution is 5.96. The first kappa shape index (κ1) is 20.3. The normalized spacial score (nSPS) is 10.6. The summed E-state index contributed by atoms with van der Waals surface area (Å²) in [4.78, 5) is 28.5. The second kappa shape index (κ2) is 8.73. The molecule has 0 aliphatic heterocycles. The Morgan fingerprint density at radius 3 is 2.45 bits per heavy atom. The third-order valence-electron chi connectivity index (χ3n) is 4.85. The summed E-state index contributed by atoms with van der Waals surface area (Å²) in [5, 5.41) is 0. The zero-order valence-electron chi connectivity index (χ0n) is 17.1. The maximum atomic E-state index is 12.2. The molecular weight excluding hydrogens is 366 g/mol. The van der Waals surface area contributed by atoms with Gasteiger partial charge in [-0.25, -0.2) is 4.98 Å². The fourth-order valence-electron chi connectivity index (χ4n) is 3.00. The van der Waals surface area contributed by atoms with Crippen molar-refractivity contribution in [3.05, 3.63) is 76.3 Å². The Balaban J connectivity index is 1.51.